The molecule has 116 valence electrons. The first kappa shape index (κ1) is 16.2. The zero-order chi connectivity index (χ0) is 16.5. The molecule has 0 saturated carbocycles. The van der Waals surface area contributed by atoms with Crippen LogP contribution in [0.25, 0.3) is 12.7 Å². The Labute approximate surface area is 131 Å². The molecule has 0 bridgehead atoms. The van der Waals surface area contributed by atoms with Crippen LogP contribution in [0.1, 0.15) is 23.6 Å². The van der Waals surface area contributed by atoms with E-state index in [2.05, 4.69) is 11.7 Å². The Morgan fingerprint density at radius 1 is 1.18 bits per heavy atom. The van der Waals surface area contributed by atoms with Crippen molar-refractivity contribution in [1.82, 2.24) is 9.19 Å². The minimum absolute atomic E-state index is 0.302. The lowest BCUT2D eigenvalue weighted by Crippen LogP contribution is -2.33. The minimum Gasteiger partial charge on any atom is -0.199 e. The second-order valence-electron chi connectivity index (χ2n) is 5.32. The van der Waals surface area contributed by atoms with Crippen LogP contribution in [-0.2, 0) is 10.0 Å². The molecule has 0 N–H and O–H groups in total. The molecule has 1 aromatic carbocycles. The van der Waals surface area contributed by atoms with E-state index in [0.29, 0.717) is 15.5 Å². The third-order valence-corrected chi connectivity index (χ3v) is 5.30. The topological polar surface area (TPSA) is 52.0 Å². The maximum Gasteiger partial charge on any atom is 0.284 e. The number of aromatic nitrogens is 2. The molecule has 0 saturated heterocycles. The summed E-state index contributed by atoms with van der Waals surface area (Å²) in [5.74, 6) is 0. The lowest BCUT2D eigenvalue weighted by atomic mass is 10.1. The molecule has 0 aliphatic heterocycles. The first-order valence-corrected chi connectivity index (χ1v) is 8.42. The summed E-state index contributed by atoms with van der Waals surface area (Å²) in [5.41, 5.74) is 2.47. The van der Waals surface area contributed by atoms with Crippen LogP contribution in [0, 0.1) is 20.8 Å². The molecular weight excluding hydrogens is 296 g/mol. The highest BCUT2D eigenvalue weighted by Gasteiger charge is 2.23. The molecule has 5 heteroatoms. The van der Waals surface area contributed by atoms with Gasteiger partial charge in [0.15, 0.2) is 0 Å². The fraction of sp³-hybridized carbons (Fsp3) is 0.235. The Balaban J connectivity index is 2.82. The van der Waals surface area contributed by atoms with Crippen molar-refractivity contribution in [2.45, 2.75) is 32.6 Å². The molecule has 0 spiro atoms. The Bertz CT molecular complexity index is 928. The van der Waals surface area contributed by atoms with E-state index >= 15 is 0 Å². The van der Waals surface area contributed by atoms with E-state index in [1.807, 2.05) is 32.1 Å². The van der Waals surface area contributed by atoms with Crippen molar-refractivity contribution in [3.63, 3.8) is 0 Å². The van der Waals surface area contributed by atoms with Crippen molar-refractivity contribution in [3.05, 3.63) is 57.7 Å². The van der Waals surface area contributed by atoms with E-state index < -0.39 is 10.0 Å². The molecule has 0 unspecified atom stereocenters. The molecular formula is C17H20N2O2S. The number of allylic oxidation sites excluding steroid dienone is 2. The molecule has 1 heterocycles. The summed E-state index contributed by atoms with van der Waals surface area (Å²) in [6.45, 7) is 11.3. The lowest BCUT2D eigenvalue weighted by Gasteiger charge is -2.12. The summed E-state index contributed by atoms with van der Waals surface area (Å²) in [5, 5.41) is 5.07. The maximum absolute atomic E-state index is 13.0. The molecule has 4 nitrogen and oxygen atoms in total. The third-order valence-electron chi connectivity index (χ3n) is 3.39. The smallest absolute Gasteiger partial charge is 0.199 e. The average molecular weight is 316 g/mol. The quantitative estimate of drug-likeness (QED) is 0.868. The van der Waals surface area contributed by atoms with E-state index in [1.165, 1.54) is 6.20 Å². The first-order chi connectivity index (χ1) is 10.3. The Morgan fingerprint density at radius 2 is 1.77 bits per heavy atom. The molecule has 0 fully saturated rings. The van der Waals surface area contributed by atoms with Gasteiger partial charge < -0.3 is 0 Å². The highest BCUT2D eigenvalue weighted by molar-refractivity contribution is 7.90. The van der Waals surface area contributed by atoms with Crippen LogP contribution >= 0.6 is 0 Å². The molecule has 22 heavy (non-hydrogen) atoms. The van der Waals surface area contributed by atoms with Gasteiger partial charge in [-0.1, -0.05) is 36.4 Å². The molecule has 0 aliphatic rings. The van der Waals surface area contributed by atoms with Gasteiger partial charge in [-0.15, -0.1) is 0 Å². The molecule has 0 amide bonds. The van der Waals surface area contributed by atoms with Crippen LogP contribution in [0.4, 0.5) is 0 Å². The highest BCUT2D eigenvalue weighted by Crippen LogP contribution is 2.22. The van der Waals surface area contributed by atoms with E-state index in [-0.39, 0.29) is 0 Å². The molecule has 2 rings (SSSR count). The lowest BCUT2D eigenvalue weighted by molar-refractivity contribution is 0.577. The van der Waals surface area contributed by atoms with Gasteiger partial charge in [0.05, 0.1) is 16.4 Å². The molecule has 0 aliphatic carbocycles. The van der Waals surface area contributed by atoms with E-state index in [4.69, 9.17) is 0 Å². The fourth-order valence-electron chi connectivity index (χ4n) is 2.58. The summed E-state index contributed by atoms with van der Waals surface area (Å²) in [4.78, 5) is 0.302. The van der Waals surface area contributed by atoms with Crippen molar-refractivity contribution in [1.29, 1.82) is 0 Å². The largest absolute Gasteiger partial charge is 0.284 e. The van der Waals surface area contributed by atoms with Crippen LogP contribution in [0.3, 0.4) is 0 Å². The zero-order valence-electron chi connectivity index (χ0n) is 13.3. The zero-order valence-corrected chi connectivity index (χ0v) is 14.1. The van der Waals surface area contributed by atoms with Gasteiger partial charge >= 0.3 is 0 Å². The summed E-state index contributed by atoms with van der Waals surface area (Å²) in [7, 11) is -3.76. The highest BCUT2D eigenvalue weighted by atomic mass is 32.2. The minimum atomic E-state index is -3.76. The summed E-state index contributed by atoms with van der Waals surface area (Å²) in [6, 6.07) is 3.73. The van der Waals surface area contributed by atoms with Crippen molar-refractivity contribution in [2.75, 3.05) is 0 Å². The number of benzene rings is 1. The normalized spacial score (nSPS) is 13.2. The average Bonchev–Trinajstić information content (AvgIpc) is 2.76. The van der Waals surface area contributed by atoms with Crippen LogP contribution in [-0.4, -0.2) is 17.6 Å². The third kappa shape index (κ3) is 2.76. The second kappa shape index (κ2) is 5.93. The van der Waals surface area contributed by atoms with Gasteiger partial charge in [-0.25, -0.2) is 0 Å². The standard InChI is InChI=1S/C17H20N2O2S/c1-6-7-8-16-15(5)11-18-19(16)22(20,21)17-13(3)9-12(2)10-14(17)4/h6-11H,5H2,1-4H3/b7-6-,16-8+. The van der Waals surface area contributed by atoms with E-state index in [9.17, 15) is 8.42 Å². The Hall–Kier alpha value is -2.14. The Morgan fingerprint density at radius 3 is 2.32 bits per heavy atom. The van der Waals surface area contributed by atoms with Gasteiger partial charge in [0, 0.05) is 5.22 Å². The maximum atomic E-state index is 13.0. The van der Waals surface area contributed by atoms with Crippen LogP contribution in [0.2, 0.25) is 0 Å². The number of nitrogens with zero attached hydrogens (tertiary/aromatic N) is 2. The van der Waals surface area contributed by atoms with Gasteiger partial charge in [0.1, 0.15) is 0 Å². The van der Waals surface area contributed by atoms with Crippen LogP contribution in [0.15, 0.2) is 35.4 Å². The van der Waals surface area contributed by atoms with E-state index in [1.54, 1.807) is 26.0 Å². The SMILES string of the molecule is C=c1cnn(S(=O)(=O)c2c(C)cc(C)cc2C)/c1=C/C=C\C. The monoisotopic (exact) mass is 316 g/mol. The molecule has 0 atom stereocenters. The predicted molar refractivity (Wildman–Crippen MR) is 89.5 cm³/mol. The summed E-state index contributed by atoms with van der Waals surface area (Å²) >= 11 is 0. The van der Waals surface area contributed by atoms with Gasteiger partial charge in [-0.3, -0.25) is 0 Å². The van der Waals surface area contributed by atoms with Gasteiger partial charge in [0.25, 0.3) is 10.0 Å². The van der Waals surface area contributed by atoms with Gasteiger partial charge in [0.2, 0.25) is 0 Å². The second-order valence-corrected chi connectivity index (χ2v) is 7.03. The molecule has 1 aromatic heterocycles. The van der Waals surface area contributed by atoms with Crippen LogP contribution in [0.5, 0.6) is 0 Å². The van der Waals surface area contributed by atoms with Crippen molar-refractivity contribution in [2.24, 2.45) is 0 Å². The number of rotatable bonds is 3. The number of hydrogen-bond acceptors (Lipinski definition) is 3. The number of aryl methyl sites for hydroxylation is 3. The van der Waals surface area contributed by atoms with Crippen molar-refractivity contribution < 1.29 is 8.42 Å². The molecule has 2 aromatic rings. The Kier molecular flexibility index (Phi) is 4.37. The van der Waals surface area contributed by atoms with E-state index in [0.717, 1.165) is 20.8 Å². The van der Waals surface area contributed by atoms with Crippen LogP contribution < -0.4 is 10.6 Å². The summed E-state index contributed by atoms with van der Waals surface area (Å²) in [6.07, 6.45) is 6.76. The number of hydrogen-bond donors (Lipinski definition) is 0. The van der Waals surface area contributed by atoms with Gasteiger partial charge in [-0.05, 0) is 44.9 Å². The van der Waals surface area contributed by atoms with Crippen molar-refractivity contribution in [3.8, 4) is 0 Å². The first-order valence-electron chi connectivity index (χ1n) is 6.98. The predicted octanol–water partition coefficient (Wildman–Crippen LogP) is 1.81. The van der Waals surface area contributed by atoms with Crippen molar-refractivity contribution >= 4 is 22.7 Å². The molecule has 0 radical (unpaired) electrons. The summed E-state index contributed by atoms with van der Waals surface area (Å²) < 4.78 is 27.1. The van der Waals surface area contributed by atoms with Gasteiger partial charge in [-0.2, -0.15) is 17.6 Å². The fourth-order valence-corrected chi connectivity index (χ4v) is 4.30.